The molecule has 0 bridgehead atoms. The van der Waals surface area contributed by atoms with E-state index in [0.29, 0.717) is 0 Å². The molecule has 0 fully saturated rings. The quantitative estimate of drug-likeness (QED) is 0.647. The average molecular weight is 336 g/mol. The van der Waals surface area contributed by atoms with Gasteiger partial charge in [0.15, 0.2) is 5.25 Å². The maximum atomic E-state index is 12.1. The molecule has 8 nitrogen and oxygen atoms in total. The molecule has 0 aliphatic carbocycles. The third-order valence-corrected chi connectivity index (χ3v) is 4.63. The molecular formula is C11H14ClN3O5S. The fraction of sp³-hybridized carbons (Fsp3) is 0.364. The van der Waals surface area contributed by atoms with Crippen molar-refractivity contribution in [3.05, 3.63) is 33.3 Å². The Morgan fingerprint density at radius 1 is 1.43 bits per heavy atom. The van der Waals surface area contributed by atoms with E-state index < -0.39 is 31.8 Å². The Kier molecular flexibility index (Phi) is 5.13. The number of carbonyl (C=O) groups is 1. The van der Waals surface area contributed by atoms with E-state index in [-0.39, 0.29) is 10.7 Å². The number of anilines is 1. The van der Waals surface area contributed by atoms with E-state index in [4.69, 9.17) is 11.6 Å². The first-order valence-electron chi connectivity index (χ1n) is 5.73. The molecule has 0 aromatic heterocycles. The topological polar surface area (TPSA) is 110 Å². The van der Waals surface area contributed by atoms with Gasteiger partial charge in [-0.3, -0.25) is 19.6 Å². The van der Waals surface area contributed by atoms with Crippen LogP contribution in [0.1, 0.15) is 6.92 Å². The van der Waals surface area contributed by atoms with E-state index in [2.05, 4.69) is 4.72 Å². The second kappa shape index (κ2) is 6.27. The summed E-state index contributed by atoms with van der Waals surface area (Å²) >= 11 is 5.64. The van der Waals surface area contributed by atoms with Crippen LogP contribution < -0.4 is 4.72 Å². The van der Waals surface area contributed by atoms with E-state index in [1.807, 2.05) is 0 Å². The number of hydrogen-bond acceptors (Lipinski definition) is 5. The van der Waals surface area contributed by atoms with E-state index in [1.165, 1.54) is 33.2 Å². The van der Waals surface area contributed by atoms with Crippen molar-refractivity contribution < 1.29 is 18.1 Å². The number of nitro groups is 1. The lowest BCUT2D eigenvalue weighted by molar-refractivity contribution is -0.384. The molecule has 1 atom stereocenters. The van der Waals surface area contributed by atoms with Gasteiger partial charge in [-0.05, 0) is 19.1 Å². The van der Waals surface area contributed by atoms with Crippen molar-refractivity contribution in [2.75, 3.05) is 18.8 Å². The van der Waals surface area contributed by atoms with Crippen LogP contribution in [0.5, 0.6) is 0 Å². The van der Waals surface area contributed by atoms with Crippen molar-refractivity contribution in [3.63, 3.8) is 0 Å². The summed E-state index contributed by atoms with van der Waals surface area (Å²) in [6.07, 6.45) is 0. The molecule has 1 amide bonds. The molecule has 0 aliphatic rings. The maximum Gasteiger partial charge on any atom is 0.289 e. The van der Waals surface area contributed by atoms with Crippen molar-refractivity contribution in [1.29, 1.82) is 0 Å². The van der Waals surface area contributed by atoms with Gasteiger partial charge in [-0.25, -0.2) is 8.42 Å². The zero-order chi connectivity index (χ0) is 16.4. The third kappa shape index (κ3) is 4.05. The van der Waals surface area contributed by atoms with Crippen LogP contribution in [-0.2, 0) is 14.8 Å². The van der Waals surface area contributed by atoms with Gasteiger partial charge in [-0.1, -0.05) is 11.6 Å². The number of nitrogens with zero attached hydrogens (tertiary/aromatic N) is 2. The first-order chi connectivity index (χ1) is 9.56. The zero-order valence-corrected chi connectivity index (χ0v) is 13.1. The maximum absolute atomic E-state index is 12.1. The Bertz CT molecular complexity index is 674. The van der Waals surface area contributed by atoms with Crippen LogP contribution in [0.25, 0.3) is 0 Å². The number of carbonyl (C=O) groups excluding carboxylic acids is 1. The van der Waals surface area contributed by atoms with Crippen LogP contribution in [0.3, 0.4) is 0 Å². The summed E-state index contributed by atoms with van der Waals surface area (Å²) in [5.74, 6) is -0.606. The van der Waals surface area contributed by atoms with Crippen molar-refractivity contribution in [3.8, 4) is 0 Å². The monoisotopic (exact) mass is 335 g/mol. The normalized spacial score (nSPS) is 12.6. The standard InChI is InChI=1S/C11H14ClN3O5S/c1-7(11(16)14(2)3)21(19,20)13-8-4-5-9(12)10(6-8)15(17)18/h4-7,13H,1-3H3. The van der Waals surface area contributed by atoms with Crippen molar-refractivity contribution in [1.82, 2.24) is 4.90 Å². The Morgan fingerprint density at radius 3 is 2.48 bits per heavy atom. The van der Waals surface area contributed by atoms with Crippen molar-refractivity contribution in [2.24, 2.45) is 0 Å². The minimum Gasteiger partial charge on any atom is -0.348 e. The van der Waals surface area contributed by atoms with Crippen LogP contribution in [0.15, 0.2) is 18.2 Å². The molecule has 21 heavy (non-hydrogen) atoms. The summed E-state index contributed by atoms with van der Waals surface area (Å²) in [6.45, 7) is 1.23. The average Bonchev–Trinajstić information content (AvgIpc) is 2.38. The molecule has 0 heterocycles. The van der Waals surface area contributed by atoms with Gasteiger partial charge in [0.05, 0.1) is 10.6 Å². The summed E-state index contributed by atoms with van der Waals surface area (Å²) < 4.78 is 26.2. The molecule has 1 unspecified atom stereocenters. The van der Waals surface area contributed by atoms with Crippen LogP contribution in [0, 0.1) is 10.1 Å². The number of benzene rings is 1. The Hall–Kier alpha value is -1.87. The molecule has 1 aromatic rings. The van der Waals surface area contributed by atoms with E-state index in [1.54, 1.807) is 0 Å². The van der Waals surface area contributed by atoms with Crippen molar-refractivity contribution in [2.45, 2.75) is 12.2 Å². The van der Waals surface area contributed by atoms with Gasteiger partial charge in [0, 0.05) is 20.2 Å². The van der Waals surface area contributed by atoms with Crippen molar-refractivity contribution >= 4 is 38.9 Å². The summed E-state index contributed by atoms with van der Waals surface area (Å²) in [7, 11) is -1.16. The molecule has 10 heteroatoms. The second-order valence-corrected chi connectivity index (χ2v) is 6.85. The smallest absolute Gasteiger partial charge is 0.289 e. The molecule has 0 radical (unpaired) electrons. The summed E-state index contributed by atoms with van der Waals surface area (Å²) in [5.41, 5.74) is -0.465. The molecule has 1 N–H and O–H groups in total. The highest BCUT2D eigenvalue weighted by Crippen LogP contribution is 2.28. The first kappa shape index (κ1) is 17.2. The number of nitrogens with one attached hydrogen (secondary N) is 1. The van der Waals surface area contributed by atoms with Gasteiger partial charge in [-0.15, -0.1) is 0 Å². The van der Waals surface area contributed by atoms with Gasteiger partial charge in [-0.2, -0.15) is 0 Å². The summed E-state index contributed by atoms with van der Waals surface area (Å²) in [4.78, 5) is 22.9. The molecule has 1 rings (SSSR count). The molecule has 0 saturated carbocycles. The number of rotatable bonds is 5. The largest absolute Gasteiger partial charge is 0.348 e. The van der Waals surface area contributed by atoms with E-state index in [9.17, 15) is 23.3 Å². The van der Waals surface area contributed by atoms with Crippen LogP contribution >= 0.6 is 11.6 Å². The predicted octanol–water partition coefficient (Wildman–Crippen LogP) is 1.47. The summed E-state index contributed by atoms with van der Waals surface area (Å²) in [6, 6.07) is 3.47. The highest BCUT2D eigenvalue weighted by molar-refractivity contribution is 7.94. The highest BCUT2D eigenvalue weighted by Gasteiger charge is 2.29. The minimum atomic E-state index is -4.02. The van der Waals surface area contributed by atoms with Crippen LogP contribution in [0.2, 0.25) is 5.02 Å². The Morgan fingerprint density at radius 2 is 2.00 bits per heavy atom. The SMILES string of the molecule is CC(C(=O)N(C)C)S(=O)(=O)Nc1ccc(Cl)c([N+](=O)[O-])c1. The Labute approximate surface area is 126 Å². The number of hydrogen-bond donors (Lipinski definition) is 1. The van der Waals surface area contributed by atoms with Gasteiger partial charge < -0.3 is 4.90 Å². The zero-order valence-electron chi connectivity index (χ0n) is 11.5. The number of amides is 1. The number of halogens is 1. The molecule has 0 saturated heterocycles. The van der Waals surface area contributed by atoms with Gasteiger partial charge in [0.2, 0.25) is 15.9 Å². The number of nitro benzene ring substituents is 1. The molecule has 1 aromatic carbocycles. The number of sulfonamides is 1. The van der Waals surface area contributed by atoms with Crippen LogP contribution in [0.4, 0.5) is 11.4 Å². The molecular weight excluding hydrogens is 322 g/mol. The molecule has 0 aliphatic heterocycles. The van der Waals surface area contributed by atoms with E-state index >= 15 is 0 Å². The lowest BCUT2D eigenvalue weighted by Crippen LogP contribution is -2.39. The lowest BCUT2D eigenvalue weighted by Gasteiger charge is -2.18. The van der Waals surface area contributed by atoms with E-state index in [0.717, 1.165) is 11.0 Å². The van der Waals surface area contributed by atoms with Gasteiger partial charge in [0.1, 0.15) is 5.02 Å². The van der Waals surface area contributed by atoms with Gasteiger partial charge in [0.25, 0.3) is 5.69 Å². The third-order valence-electron chi connectivity index (χ3n) is 2.66. The first-order valence-corrected chi connectivity index (χ1v) is 7.65. The summed E-state index contributed by atoms with van der Waals surface area (Å²) in [5, 5.41) is 9.31. The predicted molar refractivity (Wildman–Crippen MR) is 78.8 cm³/mol. The lowest BCUT2D eigenvalue weighted by atomic mass is 10.3. The van der Waals surface area contributed by atoms with Gasteiger partial charge >= 0.3 is 0 Å². The Balaban J connectivity index is 3.08. The minimum absolute atomic E-state index is 0.0375. The van der Waals surface area contributed by atoms with Crippen LogP contribution in [-0.4, -0.2) is 43.5 Å². The fourth-order valence-corrected chi connectivity index (χ4v) is 2.76. The fourth-order valence-electron chi connectivity index (χ4n) is 1.47. The highest BCUT2D eigenvalue weighted by atomic mass is 35.5. The molecule has 0 spiro atoms. The molecule has 116 valence electrons. The second-order valence-electron chi connectivity index (χ2n) is 4.45.